The van der Waals surface area contributed by atoms with E-state index in [0.29, 0.717) is 16.4 Å². The van der Waals surface area contributed by atoms with Crippen molar-refractivity contribution in [2.45, 2.75) is 34.1 Å². The number of amides is 1. The summed E-state index contributed by atoms with van der Waals surface area (Å²) in [6, 6.07) is 3.97. The summed E-state index contributed by atoms with van der Waals surface area (Å²) < 4.78 is 5.32. The van der Waals surface area contributed by atoms with Crippen molar-refractivity contribution < 1.29 is 9.32 Å². The predicted octanol–water partition coefficient (Wildman–Crippen LogP) is 3.70. The number of nitrogens with zero attached hydrogens (tertiary/aromatic N) is 2. The molecule has 1 N–H and O–H groups in total. The molecule has 3 aromatic rings. The van der Waals surface area contributed by atoms with Gasteiger partial charge in [0.05, 0.1) is 12.1 Å². The minimum absolute atomic E-state index is 0.137. The number of benzene rings is 1. The molecule has 22 heavy (non-hydrogen) atoms. The first-order valence-electron chi connectivity index (χ1n) is 7.03. The molecule has 5 nitrogen and oxygen atoms in total. The first-order chi connectivity index (χ1) is 10.4. The van der Waals surface area contributed by atoms with Gasteiger partial charge < -0.3 is 9.84 Å². The van der Waals surface area contributed by atoms with E-state index in [1.54, 1.807) is 0 Å². The lowest BCUT2D eigenvalue weighted by Gasteiger charge is -2.01. The zero-order chi connectivity index (χ0) is 15.9. The average Bonchev–Trinajstić information content (AvgIpc) is 2.95. The van der Waals surface area contributed by atoms with Crippen molar-refractivity contribution >= 4 is 33.3 Å². The quantitative estimate of drug-likeness (QED) is 0.800. The Bertz CT molecular complexity index is 844. The van der Waals surface area contributed by atoms with Gasteiger partial charge in [-0.25, -0.2) is 4.98 Å². The van der Waals surface area contributed by atoms with Crippen LogP contribution in [0.4, 0.5) is 5.13 Å². The van der Waals surface area contributed by atoms with Gasteiger partial charge in [0.15, 0.2) is 10.7 Å². The van der Waals surface area contributed by atoms with Gasteiger partial charge in [-0.2, -0.15) is 0 Å². The van der Waals surface area contributed by atoms with Crippen LogP contribution in [0.5, 0.6) is 0 Å². The van der Waals surface area contributed by atoms with Crippen molar-refractivity contribution in [3.05, 3.63) is 39.5 Å². The SMILES string of the molecule is Cc1cc2onc(CC(=O)Nc3nc(C)c(C)s3)c2cc1C. The zero-order valence-electron chi connectivity index (χ0n) is 13.0. The number of aryl methyl sites for hydroxylation is 4. The first kappa shape index (κ1) is 14.7. The van der Waals surface area contributed by atoms with Gasteiger partial charge in [-0.05, 0) is 51.0 Å². The van der Waals surface area contributed by atoms with Gasteiger partial charge in [-0.1, -0.05) is 5.16 Å². The number of rotatable bonds is 3. The van der Waals surface area contributed by atoms with Crippen LogP contribution in [0, 0.1) is 27.7 Å². The number of hydrogen-bond donors (Lipinski definition) is 1. The fourth-order valence-corrected chi connectivity index (χ4v) is 3.04. The third-order valence-electron chi connectivity index (χ3n) is 3.76. The fraction of sp³-hybridized carbons (Fsp3) is 0.312. The lowest BCUT2D eigenvalue weighted by Crippen LogP contribution is -2.14. The minimum Gasteiger partial charge on any atom is -0.356 e. The summed E-state index contributed by atoms with van der Waals surface area (Å²) in [5, 5.41) is 8.37. The zero-order valence-corrected chi connectivity index (χ0v) is 13.8. The maximum absolute atomic E-state index is 12.2. The summed E-state index contributed by atoms with van der Waals surface area (Å²) in [5.74, 6) is -0.137. The second-order valence-corrected chi connectivity index (χ2v) is 6.65. The standard InChI is InChI=1S/C16H17N3O2S/c1-8-5-12-13(19-21-14(12)6-9(8)2)7-15(20)18-16-17-10(3)11(4)22-16/h5-6H,7H2,1-4H3,(H,17,18,20). The number of nitrogens with one attached hydrogen (secondary N) is 1. The molecular formula is C16H17N3O2S. The Hall–Kier alpha value is -2.21. The monoisotopic (exact) mass is 315 g/mol. The van der Waals surface area contributed by atoms with E-state index in [2.05, 4.69) is 15.5 Å². The van der Waals surface area contributed by atoms with Gasteiger partial charge in [0.25, 0.3) is 0 Å². The van der Waals surface area contributed by atoms with Crippen molar-refractivity contribution in [1.29, 1.82) is 0 Å². The molecule has 3 rings (SSSR count). The van der Waals surface area contributed by atoms with Gasteiger partial charge in [0.2, 0.25) is 5.91 Å². The molecule has 0 aliphatic heterocycles. The Morgan fingerprint density at radius 2 is 1.95 bits per heavy atom. The molecule has 1 amide bonds. The highest BCUT2D eigenvalue weighted by Crippen LogP contribution is 2.24. The summed E-state index contributed by atoms with van der Waals surface area (Å²) in [6.07, 6.45) is 0.174. The molecule has 0 fully saturated rings. The van der Waals surface area contributed by atoms with Gasteiger partial charge >= 0.3 is 0 Å². The van der Waals surface area contributed by atoms with Gasteiger partial charge in [0.1, 0.15) is 5.69 Å². The largest absolute Gasteiger partial charge is 0.356 e. The molecule has 0 saturated carbocycles. The topological polar surface area (TPSA) is 68.0 Å². The van der Waals surface area contributed by atoms with Crippen LogP contribution in [0.3, 0.4) is 0 Å². The Balaban J connectivity index is 1.80. The summed E-state index contributed by atoms with van der Waals surface area (Å²) in [4.78, 5) is 17.6. The summed E-state index contributed by atoms with van der Waals surface area (Å²) in [6.45, 7) is 7.97. The molecule has 0 bridgehead atoms. The normalized spacial score (nSPS) is 11.1. The highest BCUT2D eigenvalue weighted by atomic mass is 32.1. The van der Waals surface area contributed by atoms with E-state index in [9.17, 15) is 4.79 Å². The summed E-state index contributed by atoms with van der Waals surface area (Å²) in [7, 11) is 0. The van der Waals surface area contributed by atoms with E-state index < -0.39 is 0 Å². The number of carbonyl (C=O) groups excluding carboxylic acids is 1. The third kappa shape index (κ3) is 2.74. The number of anilines is 1. The van der Waals surface area contributed by atoms with Crippen LogP contribution < -0.4 is 5.32 Å². The van der Waals surface area contributed by atoms with Gasteiger partial charge in [-0.15, -0.1) is 11.3 Å². The molecule has 2 heterocycles. The number of aromatic nitrogens is 2. The van der Waals surface area contributed by atoms with Crippen LogP contribution in [0.2, 0.25) is 0 Å². The van der Waals surface area contributed by atoms with Crippen LogP contribution in [0.15, 0.2) is 16.7 Å². The lowest BCUT2D eigenvalue weighted by atomic mass is 10.1. The van der Waals surface area contributed by atoms with Gasteiger partial charge in [-0.3, -0.25) is 4.79 Å². The van der Waals surface area contributed by atoms with Crippen LogP contribution >= 0.6 is 11.3 Å². The molecule has 1 aromatic carbocycles. The number of hydrogen-bond acceptors (Lipinski definition) is 5. The number of thiazole rings is 1. The van der Waals surface area contributed by atoms with Crippen molar-refractivity contribution in [3.63, 3.8) is 0 Å². The minimum atomic E-state index is -0.137. The summed E-state index contributed by atoms with van der Waals surface area (Å²) >= 11 is 1.48. The lowest BCUT2D eigenvalue weighted by molar-refractivity contribution is -0.115. The van der Waals surface area contributed by atoms with Crippen LogP contribution in [0.25, 0.3) is 11.0 Å². The molecule has 0 spiro atoms. The van der Waals surface area contributed by atoms with Crippen LogP contribution in [0.1, 0.15) is 27.4 Å². The van der Waals surface area contributed by atoms with E-state index in [4.69, 9.17) is 4.52 Å². The number of fused-ring (bicyclic) bond motifs is 1. The molecular weight excluding hydrogens is 298 g/mol. The maximum atomic E-state index is 12.2. The third-order valence-corrected chi connectivity index (χ3v) is 4.75. The Morgan fingerprint density at radius 1 is 1.23 bits per heavy atom. The van der Waals surface area contributed by atoms with Crippen LogP contribution in [-0.4, -0.2) is 16.0 Å². The Morgan fingerprint density at radius 3 is 2.64 bits per heavy atom. The van der Waals surface area contributed by atoms with E-state index in [-0.39, 0.29) is 12.3 Å². The van der Waals surface area contributed by atoms with Crippen LogP contribution in [-0.2, 0) is 11.2 Å². The predicted molar refractivity (Wildman–Crippen MR) is 87.4 cm³/mol. The van der Waals surface area contributed by atoms with E-state index in [0.717, 1.165) is 27.1 Å². The van der Waals surface area contributed by atoms with E-state index in [1.807, 2.05) is 39.8 Å². The second-order valence-electron chi connectivity index (χ2n) is 5.45. The highest BCUT2D eigenvalue weighted by molar-refractivity contribution is 7.15. The smallest absolute Gasteiger partial charge is 0.232 e. The Labute approximate surface area is 132 Å². The van der Waals surface area contributed by atoms with Gasteiger partial charge in [0, 0.05) is 10.3 Å². The van der Waals surface area contributed by atoms with Crippen molar-refractivity contribution in [2.75, 3.05) is 5.32 Å². The molecule has 114 valence electrons. The molecule has 0 radical (unpaired) electrons. The van der Waals surface area contributed by atoms with E-state index >= 15 is 0 Å². The average molecular weight is 315 g/mol. The molecule has 2 aromatic heterocycles. The summed E-state index contributed by atoms with van der Waals surface area (Å²) in [5.41, 5.74) is 4.61. The molecule has 0 aliphatic carbocycles. The first-order valence-corrected chi connectivity index (χ1v) is 7.85. The van der Waals surface area contributed by atoms with Crippen molar-refractivity contribution in [3.8, 4) is 0 Å². The molecule has 0 atom stereocenters. The maximum Gasteiger partial charge on any atom is 0.232 e. The highest BCUT2D eigenvalue weighted by Gasteiger charge is 2.15. The molecule has 0 unspecified atom stereocenters. The van der Waals surface area contributed by atoms with E-state index in [1.165, 1.54) is 11.3 Å². The number of carbonyl (C=O) groups is 1. The molecule has 0 aliphatic rings. The molecule has 0 saturated heterocycles. The van der Waals surface area contributed by atoms with Crippen molar-refractivity contribution in [2.24, 2.45) is 0 Å². The van der Waals surface area contributed by atoms with Crippen molar-refractivity contribution in [1.82, 2.24) is 10.1 Å². The Kier molecular flexibility index (Phi) is 3.70. The molecule has 6 heteroatoms. The second kappa shape index (κ2) is 5.53. The fourth-order valence-electron chi connectivity index (χ4n) is 2.21.